The van der Waals surface area contributed by atoms with Crippen molar-refractivity contribution in [3.05, 3.63) is 76.1 Å². The summed E-state index contributed by atoms with van der Waals surface area (Å²) in [5.74, 6) is 0.979. The van der Waals surface area contributed by atoms with Gasteiger partial charge in [-0.3, -0.25) is 9.78 Å². The Labute approximate surface area is 175 Å². The van der Waals surface area contributed by atoms with Gasteiger partial charge in [-0.15, -0.1) is 0 Å². The van der Waals surface area contributed by atoms with Crippen LogP contribution in [-0.2, 0) is 0 Å². The van der Waals surface area contributed by atoms with Crippen LogP contribution in [0, 0.1) is 11.3 Å². The zero-order valence-electron chi connectivity index (χ0n) is 16.8. The molecule has 0 spiro atoms. The highest BCUT2D eigenvalue weighted by atomic mass is 16.5. The first-order valence-electron chi connectivity index (χ1n) is 9.83. The van der Waals surface area contributed by atoms with Gasteiger partial charge in [0.25, 0.3) is 5.56 Å². The molecule has 0 aliphatic heterocycles. The lowest BCUT2D eigenvalue weighted by atomic mass is 10.1. The Bertz CT molecular complexity index is 1080. The highest BCUT2D eigenvalue weighted by Gasteiger charge is 2.12. The molecule has 0 bridgehead atoms. The molecule has 0 fully saturated rings. The van der Waals surface area contributed by atoms with Gasteiger partial charge in [-0.2, -0.15) is 10.4 Å². The molecule has 30 heavy (non-hydrogen) atoms. The largest absolute Gasteiger partial charge is 0.494 e. The van der Waals surface area contributed by atoms with Crippen LogP contribution < -0.4 is 15.7 Å². The lowest BCUT2D eigenvalue weighted by molar-refractivity contribution is 0.306. The van der Waals surface area contributed by atoms with Crippen LogP contribution in [0.1, 0.15) is 37.3 Å². The highest BCUT2D eigenvalue weighted by Crippen LogP contribution is 2.19. The van der Waals surface area contributed by atoms with Gasteiger partial charge in [-0.25, -0.2) is 10.4 Å². The molecule has 1 heterocycles. The van der Waals surface area contributed by atoms with Crippen LogP contribution in [0.4, 0.5) is 5.95 Å². The molecule has 0 aliphatic rings. The summed E-state index contributed by atoms with van der Waals surface area (Å²) in [6, 6.07) is 18.6. The smallest absolute Gasteiger partial charge is 0.270 e. The van der Waals surface area contributed by atoms with Crippen molar-refractivity contribution in [2.24, 2.45) is 5.10 Å². The van der Waals surface area contributed by atoms with Crippen LogP contribution in [0.5, 0.6) is 5.75 Å². The number of hydrogen-bond acceptors (Lipinski definition) is 6. The third-order valence-electron chi connectivity index (χ3n) is 4.36. The summed E-state index contributed by atoms with van der Waals surface area (Å²) in [5.41, 5.74) is 4.02. The van der Waals surface area contributed by atoms with E-state index in [2.05, 4.69) is 27.4 Å². The zero-order valence-corrected chi connectivity index (χ0v) is 16.8. The second-order valence-electron chi connectivity index (χ2n) is 6.61. The van der Waals surface area contributed by atoms with Gasteiger partial charge in [-0.05, 0) is 36.2 Å². The molecule has 0 saturated heterocycles. The molecule has 152 valence electrons. The molecular weight excluding hydrogens is 378 g/mol. The molecule has 2 aromatic carbocycles. The molecule has 2 N–H and O–H groups in total. The van der Waals surface area contributed by atoms with Crippen molar-refractivity contribution in [1.82, 2.24) is 9.97 Å². The maximum atomic E-state index is 12.2. The summed E-state index contributed by atoms with van der Waals surface area (Å²) >= 11 is 0. The van der Waals surface area contributed by atoms with Crippen molar-refractivity contribution in [3.8, 4) is 23.1 Å². The van der Waals surface area contributed by atoms with Crippen LogP contribution in [0.25, 0.3) is 11.3 Å². The number of H-pyrrole nitrogens is 1. The Morgan fingerprint density at radius 1 is 1.17 bits per heavy atom. The molecule has 0 unspecified atom stereocenters. The van der Waals surface area contributed by atoms with E-state index in [1.165, 1.54) is 0 Å². The van der Waals surface area contributed by atoms with E-state index in [0.29, 0.717) is 17.9 Å². The summed E-state index contributed by atoms with van der Waals surface area (Å²) < 4.78 is 5.69. The third kappa shape index (κ3) is 5.55. The molecule has 3 rings (SSSR count). The van der Waals surface area contributed by atoms with E-state index in [4.69, 9.17) is 4.74 Å². The number of hydrazone groups is 1. The second kappa shape index (κ2) is 10.6. The van der Waals surface area contributed by atoms with Crippen molar-refractivity contribution in [2.75, 3.05) is 12.0 Å². The van der Waals surface area contributed by atoms with Gasteiger partial charge in [-0.1, -0.05) is 50.1 Å². The topological polar surface area (TPSA) is 103 Å². The first-order valence-corrected chi connectivity index (χ1v) is 9.83. The first-order chi connectivity index (χ1) is 14.7. The number of nitrogens with zero attached hydrogens (tertiary/aromatic N) is 3. The van der Waals surface area contributed by atoms with Gasteiger partial charge >= 0.3 is 0 Å². The number of benzene rings is 2. The van der Waals surface area contributed by atoms with E-state index < -0.39 is 5.56 Å². The number of ether oxygens (including phenoxy) is 1. The predicted octanol–water partition coefficient (Wildman–Crippen LogP) is 4.32. The number of unbranched alkanes of at least 4 members (excludes halogenated alkanes) is 2. The Morgan fingerprint density at radius 3 is 2.63 bits per heavy atom. The molecule has 1 aromatic heterocycles. The van der Waals surface area contributed by atoms with Crippen LogP contribution in [0.15, 0.2) is 64.5 Å². The number of hydrogen-bond donors (Lipinski definition) is 2. The highest BCUT2D eigenvalue weighted by molar-refractivity contribution is 5.80. The molecule has 0 atom stereocenters. The molecule has 0 saturated carbocycles. The van der Waals surface area contributed by atoms with E-state index in [1.807, 2.05) is 48.5 Å². The van der Waals surface area contributed by atoms with Gasteiger partial charge in [0.15, 0.2) is 0 Å². The first kappa shape index (κ1) is 20.8. The van der Waals surface area contributed by atoms with E-state index in [-0.39, 0.29) is 11.5 Å². The monoisotopic (exact) mass is 401 g/mol. The Balaban J connectivity index is 1.68. The fraction of sp³-hybridized carbons (Fsp3) is 0.217. The average molecular weight is 401 g/mol. The quantitative estimate of drug-likeness (QED) is 0.316. The van der Waals surface area contributed by atoms with E-state index in [1.54, 1.807) is 18.3 Å². The normalized spacial score (nSPS) is 10.7. The lowest BCUT2D eigenvalue weighted by Crippen LogP contribution is -2.16. The van der Waals surface area contributed by atoms with Crippen molar-refractivity contribution < 1.29 is 4.74 Å². The Morgan fingerprint density at radius 2 is 1.93 bits per heavy atom. The van der Waals surface area contributed by atoms with Crippen LogP contribution in [0.2, 0.25) is 0 Å². The molecule has 0 amide bonds. The lowest BCUT2D eigenvalue weighted by Gasteiger charge is -2.06. The molecule has 0 aliphatic carbocycles. The summed E-state index contributed by atoms with van der Waals surface area (Å²) in [6.45, 7) is 2.87. The van der Waals surface area contributed by atoms with Gasteiger partial charge in [0.2, 0.25) is 5.95 Å². The van der Waals surface area contributed by atoms with Gasteiger partial charge < -0.3 is 4.74 Å². The number of nitriles is 1. The minimum absolute atomic E-state index is 0.0368. The molecule has 7 nitrogen and oxygen atoms in total. The van der Waals surface area contributed by atoms with Crippen LogP contribution in [-0.4, -0.2) is 22.8 Å². The number of aromatic amines is 1. The zero-order chi connectivity index (χ0) is 21.2. The van der Waals surface area contributed by atoms with E-state index in [0.717, 1.165) is 30.6 Å². The molecule has 3 aromatic rings. The van der Waals surface area contributed by atoms with E-state index in [9.17, 15) is 10.1 Å². The van der Waals surface area contributed by atoms with E-state index >= 15 is 0 Å². The minimum atomic E-state index is -0.520. The fourth-order valence-corrected chi connectivity index (χ4v) is 2.79. The molecule has 0 radical (unpaired) electrons. The molecule has 7 heteroatoms. The number of aromatic nitrogens is 2. The Hall–Kier alpha value is -3.92. The summed E-state index contributed by atoms with van der Waals surface area (Å²) in [6.07, 6.45) is 4.98. The Kier molecular flexibility index (Phi) is 7.34. The van der Waals surface area contributed by atoms with Crippen LogP contribution >= 0.6 is 0 Å². The summed E-state index contributed by atoms with van der Waals surface area (Å²) in [7, 11) is 0. The van der Waals surface area contributed by atoms with Gasteiger partial charge in [0.05, 0.1) is 18.5 Å². The summed E-state index contributed by atoms with van der Waals surface area (Å²) in [4.78, 5) is 19.1. The standard InChI is InChI=1S/C23H23N5O2/c1-2-3-7-14-30-19-12-10-17(11-13-19)16-25-28-23-26-21(18-8-5-4-6-9-18)20(15-24)22(29)27-23/h4-6,8-13,16H,2-3,7,14H2,1H3,(H2,26,27,28,29). The third-order valence-corrected chi connectivity index (χ3v) is 4.36. The fourth-order valence-electron chi connectivity index (χ4n) is 2.79. The van der Waals surface area contributed by atoms with Gasteiger partial charge in [0, 0.05) is 5.56 Å². The predicted molar refractivity (Wildman–Crippen MR) is 118 cm³/mol. The minimum Gasteiger partial charge on any atom is -0.494 e. The summed E-state index contributed by atoms with van der Waals surface area (Å²) in [5, 5.41) is 13.4. The maximum Gasteiger partial charge on any atom is 0.270 e. The second-order valence-corrected chi connectivity index (χ2v) is 6.61. The van der Waals surface area contributed by atoms with Crippen molar-refractivity contribution in [2.45, 2.75) is 26.2 Å². The number of anilines is 1. The van der Waals surface area contributed by atoms with Gasteiger partial charge in [0.1, 0.15) is 17.4 Å². The SMILES string of the molecule is CCCCCOc1ccc(C=NNc2nc(-c3ccccc3)c(C#N)c(=O)[nH]2)cc1. The average Bonchev–Trinajstić information content (AvgIpc) is 2.78. The van der Waals surface area contributed by atoms with Crippen LogP contribution in [0.3, 0.4) is 0 Å². The van der Waals surface area contributed by atoms with Crippen molar-refractivity contribution in [1.29, 1.82) is 5.26 Å². The number of nitrogens with one attached hydrogen (secondary N) is 2. The number of rotatable bonds is 9. The maximum absolute atomic E-state index is 12.2. The molecular formula is C23H23N5O2. The van der Waals surface area contributed by atoms with Crippen molar-refractivity contribution in [3.63, 3.8) is 0 Å². The van der Waals surface area contributed by atoms with Crippen molar-refractivity contribution >= 4 is 12.2 Å².